The number of H-pyrrole nitrogens is 1. The minimum Gasteiger partial charge on any atom is -0.301 e. The summed E-state index contributed by atoms with van der Waals surface area (Å²) in [7, 11) is 0. The van der Waals surface area contributed by atoms with Crippen LogP contribution in [0.2, 0.25) is 0 Å². The SMILES string of the molecule is Cc1n[nH]c(=S)n1C1CCC(C)C1. The Bertz CT molecular complexity index is 352. The number of rotatable bonds is 1. The molecule has 2 unspecified atom stereocenters. The van der Waals surface area contributed by atoms with Gasteiger partial charge in [-0.1, -0.05) is 6.92 Å². The van der Waals surface area contributed by atoms with E-state index in [1.54, 1.807) is 0 Å². The third kappa shape index (κ3) is 1.55. The molecule has 1 fully saturated rings. The summed E-state index contributed by atoms with van der Waals surface area (Å²) in [5.74, 6) is 1.85. The van der Waals surface area contributed by atoms with Crippen LogP contribution < -0.4 is 0 Å². The van der Waals surface area contributed by atoms with Gasteiger partial charge in [0.1, 0.15) is 5.82 Å². The van der Waals surface area contributed by atoms with Crippen LogP contribution in [0.4, 0.5) is 0 Å². The maximum absolute atomic E-state index is 5.19. The number of nitrogens with one attached hydrogen (secondary N) is 1. The van der Waals surface area contributed by atoms with Crippen LogP contribution >= 0.6 is 12.2 Å². The van der Waals surface area contributed by atoms with Crippen LogP contribution in [0.5, 0.6) is 0 Å². The summed E-state index contributed by atoms with van der Waals surface area (Å²) in [5, 5.41) is 6.98. The molecule has 0 bridgehead atoms. The zero-order chi connectivity index (χ0) is 9.42. The fourth-order valence-electron chi connectivity index (χ4n) is 2.23. The first-order chi connectivity index (χ1) is 6.18. The van der Waals surface area contributed by atoms with Gasteiger partial charge in [0.25, 0.3) is 0 Å². The van der Waals surface area contributed by atoms with E-state index in [4.69, 9.17) is 12.2 Å². The summed E-state index contributed by atoms with van der Waals surface area (Å²) >= 11 is 5.19. The van der Waals surface area contributed by atoms with Crippen molar-refractivity contribution < 1.29 is 0 Å². The van der Waals surface area contributed by atoms with Gasteiger partial charge in [-0.15, -0.1) is 0 Å². The topological polar surface area (TPSA) is 33.6 Å². The van der Waals surface area contributed by atoms with Gasteiger partial charge in [0.05, 0.1) is 0 Å². The van der Waals surface area contributed by atoms with Gasteiger partial charge in [0, 0.05) is 6.04 Å². The molecule has 2 atom stereocenters. The zero-order valence-electron chi connectivity index (χ0n) is 8.08. The van der Waals surface area contributed by atoms with Crippen LogP contribution in [0.15, 0.2) is 0 Å². The highest BCUT2D eigenvalue weighted by Crippen LogP contribution is 2.34. The average Bonchev–Trinajstić information content (AvgIpc) is 2.60. The minimum atomic E-state index is 0.584. The maximum atomic E-state index is 5.19. The Kier molecular flexibility index (Phi) is 2.24. The molecule has 4 heteroatoms. The van der Waals surface area contributed by atoms with Gasteiger partial charge in [-0.25, -0.2) is 0 Å². The van der Waals surface area contributed by atoms with Crippen LogP contribution in [0.1, 0.15) is 38.1 Å². The fourth-order valence-corrected chi connectivity index (χ4v) is 2.55. The molecule has 0 saturated heterocycles. The highest BCUT2D eigenvalue weighted by atomic mass is 32.1. The van der Waals surface area contributed by atoms with Crippen molar-refractivity contribution in [2.24, 2.45) is 5.92 Å². The molecule has 1 aromatic heterocycles. The molecule has 1 heterocycles. The van der Waals surface area contributed by atoms with Gasteiger partial charge in [0.2, 0.25) is 0 Å². The highest BCUT2D eigenvalue weighted by Gasteiger charge is 2.24. The second-order valence-corrected chi connectivity index (χ2v) is 4.40. The Morgan fingerprint density at radius 2 is 2.31 bits per heavy atom. The fraction of sp³-hybridized carbons (Fsp3) is 0.778. The molecule has 0 spiro atoms. The summed E-state index contributed by atoms with van der Waals surface area (Å²) in [6.07, 6.45) is 3.81. The molecular weight excluding hydrogens is 182 g/mol. The Labute approximate surface area is 83.2 Å². The van der Waals surface area contributed by atoms with E-state index in [-0.39, 0.29) is 0 Å². The van der Waals surface area contributed by atoms with Crippen molar-refractivity contribution in [2.45, 2.75) is 39.2 Å². The number of aromatic nitrogens is 3. The molecule has 1 N–H and O–H groups in total. The summed E-state index contributed by atoms with van der Waals surface area (Å²) in [5.41, 5.74) is 0. The van der Waals surface area contributed by atoms with Crippen molar-refractivity contribution in [2.75, 3.05) is 0 Å². The molecule has 0 aromatic carbocycles. The standard InChI is InChI=1S/C9H15N3S/c1-6-3-4-8(5-6)12-7(2)10-11-9(12)13/h6,8H,3-5H2,1-2H3,(H,11,13). The van der Waals surface area contributed by atoms with E-state index < -0.39 is 0 Å². The van der Waals surface area contributed by atoms with Crippen LogP contribution in [0.25, 0.3) is 0 Å². The highest BCUT2D eigenvalue weighted by molar-refractivity contribution is 7.71. The summed E-state index contributed by atoms with van der Waals surface area (Å²) in [4.78, 5) is 0. The number of hydrogen-bond acceptors (Lipinski definition) is 2. The molecule has 2 rings (SSSR count). The first-order valence-corrected chi connectivity index (χ1v) is 5.23. The van der Waals surface area contributed by atoms with Crippen molar-refractivity contribution in [3.63, 3.8) is 0 Å². The molecule has 1 aliphatic rings. The molecule has 72 valence electrons. The van der Waals surface area contributed by atoms with Crippen molar-refractivity contribution in [1.29, 1.82) is 0 Å². The van der Waals surface area contributed by atoms with Crippen LogP contribution in [0.3, 0.4) is 0 Å². The quantitative estimate of drug-likeness (QED) is 0.702. The van der Waals surface area contributed by atoms with E-state index in [1.807, 2.05) is 6.92 Å². The first-order valence-electron chi connectivity index (χ1n) is 4.82. The third-order valence-electron chi connectivity index (χ3n) is 2.91. The average molecular weight is 197 g/mol. The molecule has 0 aliphatic heterocycles. The molecule has 3 nitrogen and oxygen atoms in total. The Hall–Kier alpha value is -0.640. The van der Waals surface area contributed by atoms with E-state index in [0.717, 1.165) is 16.5 Å². The number of aromatic amines is 1. The summed E-state index contributed by atoms with van der Waals surface area (Å²) < 4.78 is 2.94. The number of nitrogens with zero attached hydrogens (tertiary/aromatic N) is 2. The van der Waals surface area contributed by atoms with Gasteiger partial charge in [0.15, 0.2) is 4.77 Å². The number of aryl methyl sites for hydroxylation is 1. The predicted octanol–water partition coefficient (Wildman–Crippen LogP) is 2.61. The smallest absolute Gasteiger partial charge is 0.195 e. The Morgan fingerprint density at radius 1 is 1.54 bits per heavy atom. The Balaban J connectivity index is 2.30. The van der Waals surface area contributed by atoms with E-state index in [9.17, 15) is 0 Å². The molecule has 0 radical (unpaired) electrons. The minimum absolute atomic E-state index is 0.584. The zero-order valence-corrected chi connectivity index (χ0v) is 8.90. The van der Waals surface area contributed by atoms with Crippen LogP contribution in [0, 0.1) is 17.6 Å². The van der Waals surface area contributed by atoms with Gasteiger partial charge in [-0.3, -0.25) is 5.10 Å². The maximum Gasteiger partial charge on any atom is 0.195 e. The van der Waals surface area contributed by atoms with Gasteiger partial charge in [-0.2, -0.15) is 5.10 Å². The molecular formula is C9H15N3S. The largest absolute Gasteiger partial charge is 0.301 e. The molecule has 13 heavy (non-hydrogen) atoms. The monoisotopic (exact) mass is 197 g/mol. The Morgan fingerprint density at radius 3 is 2.77 bits per heavy atom. The van der Waals surface area contributed by atoms with Crippen molar-refractivity contribution >= 4 is 12.2 Å². The van der Waals surface area contributed by atoms with Crippen LogP contribution in [-0.2, 0) is 0 Å². The lowest BCUT2D eigenvalue weighted by molar-refractivity contribution is 0.479. The van der Waals surface area contributed by atoms with Crippen molar-refractivity contribution in [3.05, 3.63) is 10.6 Å². The molecule has 1 saturated carbocycles. The van der Waals surface area contributed by atoms with E-state index in [2.05, 4.69) is 21.7 Å². The second-order valence-electron chi connectivity index (χ2n) is 4.02. The normalized spacial score (nSPS) is 28.2. The first kappa shape index (κ1) is 8.94. The van der Waals surface area contributed by atoms with Gasteiger partial charge < -0.3 is 4.57 Å². The molecule has 1 aromatic rings. The predicted molar refractivity (Wildman–Crippen MR) is 54.2 cm³/mol. The second kappa shape index (κ2) is 3.25. The van der Waals surface area contributed by atoms with Gasteiger partial charge >= 0.3 is 0 Å². The lowest BCUT2D eigenvalue weighted by atomic mass is 10.1. The van der Waals surface area contributed by atoms with Crippen LogP contribution in [-0.4, -0.2) is 14.8 Å². The lowest BCUT2D eigenvalue weighted by Crippen LogP contribution is -2.07. The lowest BCUT2D eigenvalue weighted by Gasteiger charge is -2.12. The van der Waals surface area contributed by atoms with E-state index in [0.29, 0.717) is 6.04 Å². The van der Waals surface area contributed by atoms with E-state index >= 15 is 0 Å². The van der Waals surface area contributed by atoms with E-state index in [1.165, 1.54) is 19.3 Å². The van der Waals surface area contributed by atoms with Crippen molar-refractivity contribution in [1.82, 2.24) is 14.8 Å². The third-order valence-corrected chi connectivity index (χ3v) is 3.20. The summed E-state index contributed by atoms with van der Waals surface area (Å²) in [6, 6.07) is 0.584. The van der Waals surface area contributed by atoms with Crippen molar-refractivity contribution in [3.8, 4) is 0 Å². The summed E-state index contributed by atoms with van der Waals surface area (Å²) in [6.45, 7) is 4.31. The molecule has 1 aliphatic carbocycles. The number of hydrogen-bond donors (Lipinski definition) is 1. The van der Waals surface area contributed by atoms with Gasteiger partial charge in [-0.05, 0) is 44.3 Å². The molecule has 0 amide bonds.